The Morgan fingerprint density at radius 3 is 2.54 bits per heavy atom. The van der Waals surface area contributed by atoms with Crippen molar-refractivity contribution in [3.8, 4) is 11.4 Å². The highest BCUT2D eigenvalue weighted by atomic mass is 16.5. The van der Waals surface area contributed by atoms with Gasteiger partial charge in [-0.25, -0.2) is 9.97 Å². The Bertz CT molecular complexity index is 1060. The van der Waals surface area contributed by atoms with Gasteiger partial charge >= 0.3 is 0 Å². The molecule has 0 aliphatic rings. The van der Waals surface area contributed by atoms with Crippen molar-refractivity contribution in [1.82, 2.24) is 25.1 Å². The van der Waals surface area contributed by atoms with Gasteiger partial charge in [0.1, 0.15) is 0 Å². The SMILES string of the molecule is COC[C@@H](NCc1cnc(-c2ccc3ccccc3c2)nc1)c1ccnn1C. The molecule has 2 aromatic carbocycles. The van der Waals surface area contributed by atoms with E-state index in [1.54, 1.807) is 13.3 Å². The van der Waals surface area contributed by atoms with E-state index in [1.807, 2.05) is 42.3 Å². The Morgan fingerprint density at radius 1 is 1.04 bits per heavy atom. The van der Waals surface area contributed by atoms with E-state index in [0.717, 1.165) is 22.6 Å². The van der Waals surface area contributed by atoms with Gasteiger partial charge in [0.15, 0.2) is 5.82 Å². The molecule has 1 N–H and O–H groups in total. The molecular weight excluding hydrogens is 350 g/mol. The molecule has 0 saturated heterocycles. The van der Waals surface area contributed by atoms with Gasteiger partial charge in [-0.05, 0) is 22.9 Å². The van der Waals surface area contributed by atoms with Crippen molar-refractivity contribution in [2.75, 3.05) is 13.7 Å². The molecular formula is C22H23N5O. The van der Waals surface area contributed by atoms with Crippen LogP contribution in [-0.4, -0.2) is 33.5 Å². The summed E-state index contributed by atoms with van der Waals surface area (Å²) in [5.41, 5.74) is 3.12. The number of hydrogen-bond acceptors (Lipinski definition) is 5. The van der Waals surface area contributed by atoms with Crippen molar-refractivity contribution in [1.29, 1.82) is 0 Å². The number of ether oxygens (including phenoxy) is 1. The van der Waals surface area contributed by atoms with E-state index in [4.69, 9.17) is 4.74 Å². The second-order valence-electron chi connectivity index (χ2n) is 6.75. The highest BCUT2D eigenvalue weighted by molar-refractivity contribution is 5.86. The summed E-state index contributed by atoms with van der Waals surface area (Å²) in [4.78, 5) is 9.12. The molecule has 28 heavy (non-hydrogen) atoms. The fourth-order valence-electron chi connectivity index (χ4n) is 3.31. The topological polar surface area (TPSA) is 64.9 Å². The van der Waals surface area contributed by atoms with Gasteiger partial charge in [-0.15, -0.1) is 0 Å². The lowest BCUT2D eigenvalue weighted by Gasteiger charge is -2.18. The largest absolute Gasteiger partial charge is 0.383 e. The van der Waals surface area contributed by atoms with E-state index in [1.165, 1.54) is 10.8 Å². The number of nitrogens with zero attached hydrogens (tertiary/aromatic N) is 4. The maximum atomic E-state index is 5.35. The van der Waals surface area contributed by atoms with E-state index >= 15 is 0 Å². The van der Waals surface area contributed by atoms with E-state index in [9.17, 15) is 0 Å². The van der Waals surface area contributed by atoms with Crippen LogP contribution in [0.4, 0.5) is 0 Å². The first-order valence-corrected chi connectivity index (χ1v) is 9.25. The number of aryl methyl sites for hydroxylation is 1. The van der Waals surface area contributed by atoms with E-state index in [0.29, 0.717) is 13.2 Å². The Labute approximate surface area is 164 Å². The van der Waals surface area contributed by atoms with E-state index in [2.05, 4.69) is 50.7 Å². The summed E-state index contributed by atoms with van der Waals surface area (Å²) in [7, 11) is 3.63. The van der Waals surface area contributed by atoms with Crippen LogP contribution in [0, 0.1) is 0 Å². The number of aromatic nitrogens is 4. The maximum Gasteiger partial charge on any atom is 0.159 e. The Kier molecular flexibility index (Phi) is 5.41. The minimum atomic E-state index is 0.0534. The van der Waals surface area contributed by atoms with Crippen LogP contribution >= 0.6 is 0 Å². The Balaban J connectivity index is 1.47. The number of hydrogen-bond donors (Lipinski definition) is 1. The van der Waals surface area contributed by atoms with Gasteiger partial charge in [-0.2, -0.15) is 5.10 Å². The van der Waals surface area contributed by atoms with Crippen LogP contribution in [0.25, 0.3) is 22.2 Å². The molecule has 0 amide bonds. The molecule has 0 aliphatic carbocycles. The average Bonchev–Trinajstić information content (AvgIpc) is 3.17. The molecule has 0 unspecified atom stereocenters. The molecule has 0 radical (unpaired) electrons. The first-order chi connectivity index (χ1) is 13.7. The first kappa shape index (κ1) is 18.3. The smallest absolute Gasteiger partial charge is 0.159 e. The summed E-state index contributed by atoms with van der Waals surface area (Å²) in [5, 5.41) is 10.1. The van der Waals surface area contributed by atoms with Gasteiger partial charge in [0.05, 0.1) is 18.3 Å². The maximum absolute atomic E-state index is 5.35. The molecule has 4 aromatic rings. The fourth-order valence-corrected chi connectivity index (χ4v) is 3.31. The lowest BCUT2D eigenvalue weighted by Crippen LogP contribution is -2.27. The van der Waals surface area contributed by atoms with Crippen LogP contribution in [-0.2, 0) is 18.3 Å². The lowest BCUT2D eigenvalue weighted by atomic mass is 10.1. The van der Waals surface area contributed by atoms with Crippen molar-refractivity contribution in [2.24, 2.45) is 7.05 Å². The molecule has 1 atom stereocenters. The zero-order chi connectivity index (χ0) is 19.3. The monoisotopic (exact) mass is 373 g/mol. The van der Waals surface area contributed by atoms with Gasteiger partial charge in [-0.3, -0.25) is 4.68 Å². The molecule has 0 fully saturated rings. The Morgan fingerprint density at radius 2 is 1.82 bits per heavy atom. The minimum absolute atomic E-state index is 0.0534. The van der Waals surface area contributed by atoms with Gasteiger partial charge in [0.2, 0.25) is 0 Å². The van der Waals surface area contributed by atoms with Gasteiger partial charge in [0, 0.05) is 50.4 Å². The normalized spacial score (nSPS) is 12.4. The van der Waals surface area contributed by atoms with Gasteiger partial charge in [-0.1, -0.05) is 36.4 Å². The molecule has 2 heterocycles. The van der Waals surface area contributed by atoms with Crippen molar-refractivity contribution in [3.63, 3.8) is 0 Å². The first-order valence-electron chi connectivity index (χ1n) is 9.25. The number of benzene rings is 2. The van der Waals surface area contributed by atoms with Crippen molar-refractivity contribution < 1.29 is 4.74 Å². The predicted octanol–water partition coefficient (Wildman–Crippen LogP) is 3.51. The second-order valence-corrected chi connectivity index (χ2v) is 6.75. The van der Waals surface area contributed by atoms with Crippen LogP contribution in [0.1, 0.15) is 17.3 Å². The third kappa shape index (κ3) is 3.93. The van der Waals surface area contributed by atoms with Crippen LogP contribution in [0.3, 0.4) is 0 Å². The van der Waals surface area contributed by atoms with E-state index < -0.39 is 0 Å². The van der Waals surface area contributed by atoms with Crippen LogP contribution in [0.2, 0.25) is 0 Å². The quantitative estimate of drug-likeness (QED) is 0.537. The third-order valence-corrected chi connectivity index (χ3v) is 4.81. The van der Waals surface area contributed by atoms with Crippen LogP contribution < -0.4 is 5.32 Å². The molecule has 6 nitrogen and oxygen atoms in total. The second kappa shape index (κ2) is 8.29. The van der Waals surface area contributed by atoms with Crippen molar-refractivity contribution in [2.45, 2.75) is 12.6 Å². The highest BCUT2D eigenvalue weighted by Gasteiger charge is 2.14. The molecule has 0 spiro atoms. The molecule has 2 aromatic heterocycles. The number of fused-ring (bicyclic) bond motifs is 1. The van der Waals surface area contributed by atoms with Crippen molar-refractivity contribution >= 4 is 10.8 Å². The summed E-state index contributed by atoms with van der Waals surface area (Å²) >= 11 is 0. The summed E-state index contributed by atoms with van der Waals surface area (Å²) in [6.07, 6.45) is 5.54. The summed E-state index contributed by atoms with van der Waals surface area (Å²) in [6, 6.07) is 16.6. The minimum Gasteiger partial charge on any atom is -0.383 e. The predicted molar refractivity (Wildman–Crippen MR) is 110 cm³/mol. The van der Waals surface area contributed by atoms with Crippen molar-refractivity contribution in [3.05, 3.63) is 78.4 Å². The zero-order valence-corrected chi connectivity index (χ0v) is 16.0. The summed E-state index contributed by atoms with van der Waals surface area (Å²) < 4.78 is 7.21. The molecule has 0 aliphatic heterocycles. The fraction of sp³-hybridized carbons (Fsp3) is 0.227. The highest BCUT2D eigenvalue weighted by Crippen LogP contribution is 2.21. The lowest BCUT2D eigenvalue weighted by molar-refractivity contribution is 0.163. The van der Waals surface area contributed by atoms with Crippen LogP contribution in [0.15, 0.2) is 67.1 Å². The Hall–Kier alpha value is -3.09. The molecule has 142 valence electrons. The molecule has 4 rings (SSSR count). The standard InChI is InChI=1S/C22H23N5O/c1-27-21(9-10-26-27)20(15-28-2)23-12-16-13-24-22(25-14-16)19-8-7-17-5-3-4-6-18(17)11-19/h3-11,13-14,20,23H,12,15H2,1-2H3/t20-/m1/s1. The number of rotatable bonds is 7. The molecule has 0 saturated carbocycles. The van der Waals surface area contributed by atoms with Gasteiger partial charge in [0.25, 0.3) is 0 Å². The number of methoxy groups -OCH3 is 1. The summed E-state index contributed by atoms with van der Waals surface area (Å²) in [5.74, 6) is 0.731. The number of nitrogens with one attached hydrogen (secondary N) is 1. The third-order valence-electron chi connectivity index (χ3n) is 4.81. The molecule has 0 bridgehead atoms. The van der Waals surface area contributed by atoms with Gasteiger partial charge < -0.3 is 10.1 Å². The zero-order valence-electron chi connectivity index (χ0n) is 16.0. The van der Waals surface area contributed by atoms with Crippen LogP contribution in [0.5, 0.6) is 0 Å². The molecule has 6 heteroatoms. The summed E-state index contributed by atoms with van der Waals surface area (Å²) in [6.45, 7) is 1.22. The average molecular weight is 373 g/mol. The van der Waals surface area contributed by atoms with E-state index in [-0.39, 0.29) is 6.04 Å².